The van der Waals surface area contributed by atoms with Gasteiger partial charge >= 0.3 is 5.97 Å². The number of benzene rings is 2. The molecule has 3 aliphatic carbocycles. The van der Waals surface area contributed by atoms with Gasteiger partial charge in [0, 0.05) is 30.6 Å². The van der Waals surface area contributed by atoms with Crippen molar-refractivity contribution in [2.75, 3.05) is 13.1 Å². The molecular weight excluding hydrogens is 520 g/mol. The zero-order chi connectivity index (χ0) is 28.1. The Morgan fingerprint density at radius 1 is 1.12 bits per heavy atom. The van der Waals surface area contributed by atoms with E-state index in [-0.39, 0.29) is 24.3 Å². The number of nitrogens with zero attached hydrogens (tertiary/aromatic N) is 2. The summed E-state index contributed by atoms with van der Waals surface area (Å²) in [7, 11) is 0. The number of likely N-dealkylation sites (tertiary alicyclic amines) is 2. The van der Waals surface area contributed by atoms with Crippen LogP contribution in [0.2, 0.25) is 0 Å². The smallest absolute Gasteiger partial charge is 0.308 e. The number of carbonyl (C=O) groups excluding carboxylic acids is 3. The van der Waals surface area contributed by atoms with E-state index in [1.54, 1.807) is 12.1 Å². The minimum atomic E-state index is -1.08. The van der Waals surface area contributed by atoms with E-state index < -0.39 is 29.1 Å². The maximum Gasteiger partial charge on any atom is 0.308 e. The maximum atomic E-state index is 13.8. The fourth-order valence-corrected chi connectivity index (χ4v) is 8.73. The van der Waals surface area contributed by atoms with Crippen molar-refractivity contribution in [2.45, 2.75) is 81.1 Å². The predicted octanol–water partition coefficient (Wildman–Crippen LogP) is 3.39. The molecule has 0 radical (unpaired) electrons. The summed E-state index contributed by atoms with van der Waals surface area (Å²) in [5.41, 5.74) is 1.47. The van der Waals surface area contributed by atoms with Gasteiger partial charge in [-0.2, -0.15) is 0 Å². The number of rotatable bonds is 5. The number of imide groups is 1. The van der Waals surface area contributed by atoms with Gasteiger partial charge < -0.3 is 14.6 Å². The van der Waals surface area contributed by atoms with Crippen molar-refractivity contribution in [3.63, 3.8) is 0 Å². The van der Waals surface area contributed by atoms with Gasteiger partial charge in [0.1, 0.15) is 6.10 Å². The molecule has 8 nitrogen and oxygen atoms in total. The summed E-state index contributed by atoms with van der Waals surface area (Å²) in [6.07, 6.45) is 5.97. The maximum absolute atomic E-state index is 13.8. The zero-order valence-corrected chi connectivity index (χ0v) is 23.2. The fraction of sp³-hybridized carbons (Fsp3) is 0.485. The summed E-state index contributed by atoms with van der Waals surface area (Å²) in [6, 6.07) is 12.8. The van der Waals surface area contributed by atoms with E-state index in [1.165, 1.54) is 24.7 Å². The van der Waals surface area contributed by atoms with E-state index in [9.17, 15) is 19.5 Å². The SMILES string of the molecule is CC(=O)Oc1ccc2c3c1O[C@H]1[C@H](N4C(=O)C/C(=C\c5ccccc5)C4=O)CC[C@@]4(O)[C@H](C2)N(CC2CC2)CC[C@]314. The van der Waals surface area contributed by atoms with Crippen molar-refractivity contribution >= 4 is 23.9 Å². The van der Waals surface area contributed by atoms with Gasteiger partial charge in [-0.25, -0.2) is 0 Å². The van der Waals surface area contributed by atoms with Crippen LogP contribution in [0, 0.1) is 5.92 Å². The first-order chi connectivity index (χ1) is 19.8. The van der Waals surface area contributed by atoms with Crippen molar-refractivity contribution in [2.24, 2.45) is 5.92 Å². The van der Waals surface area contributed by atoms with Crippen LogP contribution in [0.25, 0.3) is 6.08 Å². The standard InChI is InChI=1S/C33H34N2O6/c1-19(36)40-25-10-9-22-16-26-33(39)12-11-24(35-27(37)17-23(31(35)38)15-20-5-3-2-4-6-20)30-32(33,28(22)29(25)41-30)13-14-34(26)18-21-7-8-21/h2-6,9-10,15,21,24,26,30,39H,7-8,11-14,16-18H2,1H3/b23-15+/t24-,26+,30+,32+,33-/m1/s1. The topological polar surface area (TPSA) is 96.4 Å². The van der Waals surface area contributed by atoms with Crippen molar-refractivity contribution in [3.8, 4) is 11.5 Å². The van der Waals surface area contributed by atoms with Gasteiger partial charge in [-0.1, -0.05) is 36.4 Å². The molecule has 2 amide bonds. The van der Waals surface area contributed by atoms with Gasteiger partial charge in [0.25, 0.3) is 5.91 Å². The highest BCUT2D eigenvalue weighted by Crippen LogP contribution is 2.66. The predicted molar refractivity (Wildman–Crippen MR) is 149 cm³/mol. The lowest BCUT2D eigenvalue weighted by Gasteiger charge is -2.64. The molecular formula is C33H34N2O6. The molecule has 0 unspecified atom stereocenters. The second kappa shape index (κ2) is 8.76. The first-order valence-corrected chi connectivity index (χ1v) is 14.9. The summed E-state index contributed by atoms with van der Waals surface area (Å²) in [4.78, 5) is 43.3. The second-order valence-corrected chi connectivity index (χ2v) is 12.8. The Morgan fingerprint density at radius 2 is 1.93 bits per heavy atom. The molecule has 2 aromatic rings. The molecule has 6 aliphatic rings. The molecule has 212 valence electrons. The molecule has 8 heteroatoms. The Labute approximate surface area is 238 Å². The normalized spacial score (nSPS) is 34.5. The van der Waals surface area contributed by atoms with Gasteiger partial charge in [-0.3, -0.25) is 24.2 Å². The van der Waals surface area contributed by atoms with Crippen molar-refractivity contribution in [1.29, 1.82) is 0 Å². The van der Waals surface area contributed by atoms with Crippen LogP contribution in [0.15, 0.2) is 48.0 Å². The lowest BCUT2D eigenvalue weighted by molar-refractivity contribution is -0.201. The number of carbonyl (C=O) groups is 3. The van der Waals surface area contributed by atoms with Gasteiger partial charge in [0.15, 0.2) is 11.5 Å². The monoisotopic (exact) mass is 554 g/mol. The van der Waals surface area contributed by atoms with Crippen molar-refractivity contribution in [1.82, 2.24) is 9.80 Å². The molecule has 3 heterocycles. The molecule has 0 aromatic heterocycles. The Morgan fingerprint density at radius 3 is 2.68 bits per heavy atom. The van der Waals surface area contributed by atoms with Crippen LogP contribution in [0.1, 0.15) is 62.1 Å². The molecule has 2 saturated carbocycles. The summed E-state index contributed by atoms with van der Waals surface area (Å²) >= 11 is 0. The first kappa shape index (κ1) is 25.2. The molecule has 2 saturated heterocycles. The van der Waals surface area contributed by atoms with E-state index in [0.717, 1.165) is 29.8 Å². The lowest BCUT2D eigenvalue weighted by atomic mass is 9.48. The van der Waals surface area contributed by atoms with Crippen LogP contribution in [0.5, 0.6) is 11.5 Å². The molecule has 8 rings (SSSR count). The molecule has 2 bridgehead atoms. The fourth-order valence-electron chi connectivity index (χ4n) is 8.73. The summed E-state index contributed by atoms with van der Waals surface area (Å²) < 4.78 is 12.4. The third kappa shape index (κ3) is 3.50. The molecule has 3 aliphatic heterocycles. The Bertz CT molecular complexity index is 1520. The zero-order valence-electron chi connectivity index (χ0n) is 23.2. The third-order valence-corrected chi connectivity index (χ3v) is 10.5. The van der Waals surface area contributed by atoms with Gasteiger partial charge in [-0.05, 0) is 74.3 Å². The minimum Gasteiger partial charge on any atom is -0.483 e. The molecule has 1 N–H and O–H groups in total. The van der Waals surface area contributed by atoms with Crippen LogP contribution < -0.4 is 9.47 Å². The highest BCUT2D eigenvalue weighted by Gasteiger charge is 2.74. The van der Waals surface area contributed by atoms with Crippen LogP contribution >= 0.6 is 0 Å². The van der Waals surface area contributed by atoms with Crippen LogP contribution in [0.3, 0.4) is 0 Å². The van der Waals surface area contributed by atoms with Crippen LogP contribution in [-0.4, -0.2) is 69.6 Å². The largest absolute Gasteiger partial charge is 0.483 e. The number of esters is 1. The summed E-state index contributed by atoms with van der Waals surface area (Å²) in [5, 5.41) is 12.8. The van der Waals surface area contributed by atoms with E-state index in [1.807, 2.05) is 36.4 Å². The molecule has 5 atom stereocenters. The first-order valence-electron chi connectivity index (χ1n) is 14.9. The number of aliphatic hydroxyl groups is 1. The average molecular weight is 555 g/mol. The number of hydrogen-bond acceptors (Lipinski definition) is 7. The quantitative estimate of drug-likeness (QED) is 0.262. The van der Waals surface area contributed by atoms with Crippen LogP contribution in [-0.2, 0) is 26.2 Å². The van der Waals surface area contributed by atoms with E-state index in [4.69, 9.17) is 9.47 Å². The number of ether oxygens (including phenoxy) is 2. The number of amides is 2. The molecule has 2 aromatic carbocycles. The van der Waals surface area contributed by atoms with Crippen molar-refractivity contribution < 1.29 is 29.0 Å². The van der Waals surface area contributed by atoms with E-state index in [2.05, 4.69) is 4.90 Å². The highest BCUT2D eigenvalue weighted by molar-refractivity contribution is 6.16. The molecule has 4 fully saturated rings. The average Bonchev–Trinajstić information content (AvgIpc) is 3.63. The third-order valence-electron chi connectivity index (χ3n) is 10.5. The van der Waals surface area contributed by atoms with Gasteiger partial charge in [-0.15, -0.1) is 0 Å². The van der Waals surface area contributed by atoms with Crippen molar-refractivity contribution in [3.05, 3.63) is 64.7 Å². The Hall–Kier alpha value is -3.49. The molecule has 41 heavy (non-hydrogen) atoms. The summed E-state index contributed by atoms with van der Waals surface area (Å²) in [5.74, 6) is 0.548. The highest BCUT2D eigenvalue weighted by atomic mass is 16.6. The van der Waals surface area contributed by atoms with E-state index in [0.29, 0.717) is 48.7 Å². The van der Waals surface area contributed by atoms with E-state index >= 15 is 0 Å². The molecule has 1 spiro atoms. The lowest BCUT2D eigenvalue weighted by Crippen LogP contribution is -2.78. The summed E-state index contributed by atoms with van der Waals surface area (Å²) in [6.45, 7) is 3.16. The van der Waals surface area contributed by atoms with Gasteiger partial charge in [0.2, 0.25) is 5.91 Å². The van der Waals surface area contributed by atoms with Gasteiger partial charge in [0.05, 0.1) is 23.5 Å². The Kier molecular flexibility index (Phi) is 5.39. The second-order valence-electron chi connectivity index (χ2n) is 12.8. The van der Waals surface area contributed by atoms with Crippen LogP contribution in [0.4, 0.5) is 0 Å². The minimum absolute atomic E-state index is 0.0445. The number of hydrogen-bond donors (Lipinski definition) is 1. The Balaban J connectivity index is 1.23. The number of piperidine rings is 1.